The second kappa shape index (κ2) is 5.43. The Bertz CT molecular complexity index is 422. The molecule has 0 aliphatic carbocycles. The van der Waals surface area contributed by atoms with Crippen molar-refractivity contribution >= 4 is 23.3 Å². The predicted octanol–water partition coefficient (Wildman–Crippen LogP) is 1.42. The van der Waals surface area contributed by atoms with Crippen molar-refractivity contribution in [2.75, 3.05) is 6.54 Å². The number of halogens is 1. The van der Waals surface area contributed by atoms with E-state index in [-0.39, 0.29) is 23.8 Å². The van der Waals surface area contributed by atoms with Gasteiger partial charge in [0.15, 0.2) is 0 Å². The highest BCUT2D eigenvalue weighted by molar-refractivity contribution is 6.31. The molecule has 0 radical (unpaired) electrons. The van der Waals surface area contributed by atoms with Crippen molar-refractivity contribution in [1.82, 2.24) is 5.32 Å². The topological polar surface area (TPSA) is 92.5 Å². The molecule has 0 unspecified atom stereocenters. The summed E-state index contributed by atoms with van der Waals surface area (Å²) in [6.07, 6.45) is 0. The van der Waals surface area contributed by atoms with Gasteiger partial charge in [0.25, 0.3) is 5.69 Å². The van der Waals surface area contributed by atoms with Gasteiger partial charge in [0.05, 0.1) is 16.5 Å². The van der Waals surface area contributed by atoms with Gasteiger partial charge in [-0.2, -0.15) is 0 Å². The van der Waals surface area contributed by atoms with Crippen molar-refractivity contribution in [3.8, 4) is 0 Å². The second-order valence-electron chi connectivity index (χ2n) is 3.03. The number of hydrogen-bond acceptors (Lipinski definition) is 4. The van der Waals surface area contributed by atoms with Gasteiger partial charge >= 0.3 is 5.97 Å². The van der Waals surface area contributed by atoms with Crippen LogP contribution in [0.3, 0.4) is 0 Å². The molecule has 16 heavy (non-hydrogen) atoms. The monoisotopic (exact) mass is 244 g/mol. The van der Waals surface area contributed by atoms with Gasteiger partial charge in [0, 0.05) is 18.7 Å². The van der Waals surface area contributed by atoms with Crippen LogP contribution in [0.15, 0.2) is 18.2 Å². The Morgan fingerprint density at radius 2 is 2.25 bits per heavy atom. The smallest absolute Gasteiger partial charge is 0.317 e. The molecule has 0 spiro atoms. The number of rotatable bonds is 5. The van der Waals surface area contributed by atoms with E-state index in [1.165, 1.54) is 18.2 Å². The van der Waals surface area contributed by atoms with Crippen LogP contribution in [-0.2, 0) is 11.3 Å². The maximum atomic E-state index is 10.4. The number of benzene rings is 1. The molecule has 0 saturated carbocycles. The van der Waals surface area contributed by atoms with Crippen molar-refractivity contribution in [2.24, 2.45) is 0 Å². The molecule has 0 fully saturated rings. The minimum atomic E-state index is -0.974. The Balaban J connectivity index is 2.68. The van der Waals surface area contributed by atoms with Gasteiger partial charge < -0.3 is 10.4 Å². The molecule has 0 aromatic heterocycles. The number of nitrogens with zero attached hydrogens (tertiary/aromatic N) is 1. The third kappa shape index (κ3) is 3.48. The van der Waals surface area contributed by atoms with Crippen molar-refractivity contribution < 1.29 is 14.8 Å². The molecule has 86 valence electrons. The first-order chi connectivity index (χ1) is 7.50. The van der Waals surface area contributed by atoms with Gasteiger partial charge in [-0.25, -0.2) is 0 Å². The van der Waals surface area contributed by atoms with Gasteiger partial charge in [-0.05, 0) is 11.6 Å². The average molecular weight is 245 g/mol. The number of aliphatic carboxylic acids is 1. The number of carbonyl (C=O) groups is 1. The molecule has 2 N–H and O–H groups in total. The first-order valence-corrected chi connectivity index (χ1v) is 4.74. The molecular weight excluding hydrogens is 236 g/mol. The third-order valence-corrected chi connectivity index (χ3v) is 2.19. The first-order valence-electron chi connectivity index (χ1n) is 4.36. The number of nitro groups is 1. The molecule has 1 rings (SSSR count). The van der Waals surface area contributed by atoms with Crippen LogP contribution in [0.2, 0.25) is 5.02 Å². The lowest BCUT2D eigenvalue weighted by atomic mass is 10.2. The van der Waals surface area contributed by atoms with Crippen LogP contribution in [0.4, 0.5) is 5.69 Å². The van der Waals surface area contributed by atoms with Crippen LogP contribution in [0.1, 0.15) is 5.56 Å². The largest absolute Gasteiger partial charge is 0.480 e. The van der Waals surface area contributed by atoms with E-state index in [1.807, 2.05) is 0 Å². The maximum Gasteiger partial charge on any atom is 0.317 e. The summed E-state index contributed by atoms with van der Waals surface area (Å²) >= 11 is 5.80. The lowest BCUT2D eigenvalue weighted by Gasteiger charge is -2.04. The molecular formula is C9H9ClN2O4. The SMILES string of the molecule is O=C(O)CNCc1ccc([N+](=O)[O-])cc1Cl. The van der Waals surface area contributed by atoms with Crippen molar-refractivity contribution in [3.63, 3.8) is 0 Å². The summed E-state index contributed by atoms with van der Waals surface area (Å²) in [6.45, 7) is 0.0659. The summed E-state index contributed by atoms with van der Waals surface area (Å²) in [4.78, 5) is 20.1. The Labute approximate surface area is 96.0 Å². The highest BCUT2D eigenvalue weighted by atomic mass is 35.5. The Morgan fingerprint density at radius 1 is 1.56 bits per heavy atom. The van der Waals surface area contributed by atoms with E-state index >= 15 is 0 Å². The Morgan fingerprint density at radius 3 is 2.75 bits per heavy atom. The maximum absolute atomic E-state index is 10.4. The molecule has 0 heterocycles. The first kappa shape index (κ1) is 12.4. The number of hydrogen-bond donors (Lipinski definition) is 2. The minimum Gasteiger partial charge on any atom is -0.480 e. The highest BCUT2D eigenvalue weighted by Gasteiger charge is 2.09. The van der Waals surface area contributed by atoms with Crippen molar-refractivity contribution in [2.45, 2.75) is 6.54 Å². The number of nitro benzene ring substituents is 1. The van der Waals surface area contributed by atoms with Crippen LogP contribution >= 0.6 is 11.6 Å². The molecule has 0 aliphatic heterocycles. The zero-order valence-electron chi connectivity index (χ0n) is 8.14. The molecule has 0 saturated heterocycles. The quantitative estimate of drug-likeness (QED) is 0.604. The van der Waals surface area contributed by atoms with Gasteiger partial charge in [-0.1, -0.05) is 11.6 Å². The van der Waals surface area contributed by atoms with E-state index in [4.69, 9.17) is 16.7 Å². The van der Waals surface area contributed by atoms with Crippen LogP contribution in [0.25, 0.3) is 0 Å². The normalized spacial score (nSPS) is 10.1. The fraction of sp³-hybridized carbons (Fsp3) is 0.222. The third-order valence-electron chi connectivity index (χ3n) is 1.84. The lowest BCUT2D eigenvalue weighted by Crippen LogP contribution is -2.21. The summed E-state index contributed by atoms with van der Waals surface area (Å²) in [5.74, 6) is -0.974. The zero-order valence-corrected chi connectivity index (χ0v) is 8.90. The average Bonchev–Trinajstić information content (AvgIpc) is 2.19. The van der Waals surface area contributed by atoms with Crippen LogP contribution in [-0.4, -0.2) is 22.5 Å². The van der Waals surface area contributed by atoms with Gasteiger partial charge in [-0.3, -0.25) is 14.9 Å². The van der Waals surface area contributed by atoms with E-state index in [1.54, 1.807) is 0 Å². The minimum absolute atomic E-state index is 0.0908. The van der Waals surface area contributed by atoms with Crippen LogP contribution < -0.4 is 5.32 Å². The number of nitrogens with one attached hydrogen (secondary N) is 1. The van der Waals surface area contributed by atoms with Crippen LogP contribution in [0, 0.1) is 10.1 Å². The number of carboxylic acids is 1. The van der Waals surface area contributed by atoms with E-state index < -0.39 is 10.9 Å². The Kier molecular flexibility index (Phi) is 4.21. The zero-order chi connectivity index (χ0) is 12.1. The molecule has 6 nitrogen and oxygen atoms in total. The molecule has 7 heteroatoms. The van der Waals surface area contributed by atoms with E-state index in [2.05, 4.69) is 5.32 Å². The standard InChI is InChI=1S/C9H9ClN2O4/c10-8-3-7(12(15)16)2-1-6(8)4-11-5-9(13)14/h1-3,11H,4-5H2,(H,13,14). The van der Waals surface area contributed by atoms with Gasteiger partial charge in [0.1, 0.15) is 0 Å². The fourth-order valence-corrected chi connectivity index (χ4v) is 1.34. The predicted molar refractivity (Wildman–Crippen MR) is 57.4 cm³/mol. The second-order valence-corrected chi connectivity index (χ2v) is 3.44. The van der Waals surface area contributed by atoms with E-state index in [0.717, 1.165) is 0 Å². The summed E-state index contributed by atoms with van der Waals surface area (Å²) in [6, 6.07) is 4.05. The highest BCUT2D eigenvalue weighted by Crippen LogP contribution is 2.22. The Hall–Kier alpha value is -1.66. The number of carboxylic acid groups (broad SMARTS) is 1. The summed E-state index contributed by atoms with van der Waals surface area (Å²) < 4.78 is 0. The van der Waals surface area contributed by atoms with Gasteiger partial charge in [-0.15, -0.1) is 0 Å². The number of non-ortho nitro benzene ring substituents is 1. The summed E-state index contributed by atoms with van der Waals surface area (Å²) in [5, 5.41) is 21.7. The molecule has 0 atom stereocenters. The van der Waals surface area contributed by atoms with E-state index in [9.17, 15) is 14.9 Å². The summed E-state index contributed by atoms with van der Waals surface area (Å²) in [7, 11) is 0. The molecule has 0 aliphatic rings. The molecule has 1 aromatic carbocycles. The lowest BCUT2D eigenvalue weighted by molar-refractivity contribution is -0.384. The van der Waals surface area contributed by atoms with Gasteiger partial charge in [0.2, 0.25) is 0 Å². The van der Waals surface area contributed by atoms with Crippen LogP contribution in [0.5, 0.6) is 0 Å². The van der Waals surface area contributed by atoms with Crippen molar-refractivity contribution in [1.29, 1.82) is 0 Å². The fourth-order valence-electron chi connectivity index (χ4n) is 1.10. The van der Waals surface area contributed by atoms with Crippen molar-refractivity contribution in [3.05, 3.63) is 38.9 Å². The molecule has 1 aromatic rings. The summed E-state index contributed by atoms with van der Waals surface area (Å²) in [5.41, 5.74) is 0.528. The molecule has 0 bridgehead atoms. The van der Waals surface area contributed by atoms with E-state index in [0.29, 0.717) is 5.56 Å². The molecule has 0 amide bonds.